The van der Waals surface area contributed by atoms with Crippen LogP contribution in [0.5, 0.6) is 0 Å². The van der Waals surface area contributed by atoms with Crippen molar-refractivity contribution in [2.45, 2.75) is 71.1 Å². The second kappa shape index (κ2) is 18.3. The first kappa shape index (κ1) is 23.0. The normalized spacial score (nSPS) is 13.1. The highest BCUT2D eigenvalue weighted by Crippen LogP contribution is 2.04. The van der Waals surface area contributed by atoms with Gasteiger partial charge in [-0.25, -0.2) is 0 Å². The van der Waals surface area contributed by atoms with Crippen molar-refractivity contribution in [2.75, 3.05) is 0 Å². The first-order valence-corrected chi connectivity index (χ1v) is 9.38. The Morgan fingerprint density at radius 2 is 1.56 bits per heavy atom. The zero-order chi connectivity index (χ0) is 18.6. The van der Waals surface area contributed by atoms with Gasteiger partial charge in [0.25, 0.3) is 0 Å². The highest BCUT2D eigenvalue weighted by molar-refractivity contribution is 5.66. The van der Waals surface area contributed by atoms with Gasteiger partial charge in [-0.1, -0.05) is 68.4 Å². The summed E-state index contributed by atoms with van der Waals surface area (Å²) in [7, 11) is 0. The molecule has 0 aromatic heterocycles. The van der Waals surface area contributed by atoms with E-state index in [0.29, 0.717) is 18.6 Å². The number of allylic oxidation sites excluding steroid dienone is 9. The Kier molecular flexibility index (Phi) is 16.8. The van der Waals surface area contributed by atoms with Crippen LogP contribution in [0, 0.1) is 0 Å². The predicted molar refractivity (Wildman–Crippen MR) is 107 cm³/mol. The molecule has 0 aliphatic carbocycles. The lowest BCUT2D eigenvalue weighted by molar-refractivity contribution is -0.136. The largest absolute Gasteiger partial charge is 0.512 e. The van der Waals surface area contributed by atoms with E-state index in [9.17, 15) is 9.90 Å². The Balaban J connectivity index is 3.65. The van der Waals surface area contributed by atoms with Gasteiger partial charge in [0.15, 0.2) is 0 Å². The number of rotatable bonds is 15. The highest BCUT2D eigenvalue weighted by Gasteiger charge is 1.92. The van der Waals surface area contributed by atoms with Gasteiger partial charge in [-0.3, -0.25) is 4.79 Å². The Hall–Kier alpha value is -2.03. The maximum atomic E-state index is 10.3. The molecule has 0 aliphatic rings. The van der Waals surface area contributed by atoms with Gasteiger partial charge in [-0.05, 0) is 44.6 Å². The van der Waals surface area contributed by atoms with Gasteiger partial charge in [0.05, 0.1) is 5.76 Å². The summed E-state index contributed by atoms with van der Waals surface area (Å²) in [5, 5.41) is 18.2. The van der Waals surface area contributed by atoms with E-state index in [1.54, 1.807) is 6.08 Å². The molecule has 0 atom stereocenters. The maximum Gasteiger partial charge on any atom is 0.303 e. The van der Waals surface area contributed by atoms with Gasteiger partial charge < -0.3 is 10.2 Å². The second-order valence-electron chi connectivity index (χ2n) is 5.94. The van der Waals surface area contributed by atoms with Crippen LogP contribution in [-0.4, -0.2) is 16.2 Å². The highest BCUT2D eigenvalue weighted by atomic mass is 16.4. The van der Waals surface area contributed by atoms with Crippen molar-refractivity contribution in [3.8, 4) is 0 Å². The molecule has 140 valence electrons. The van der Waals surface area contributed by atoms with Gasteiger partial charge in [-0.2, -0.15) is 0 Å². The van der Waals surface area contributed by atoms with E-state index in [1.165, 1.54) is 25.7 Å². The van der Waals surface area contributed by atoms with Crippen molar-refractivity contribution in [3.63, 3.8) is 0 Å². The molecule has 25 heavy (non-hydrogen) atoms. The van der Waals surface area contributed by atoms with Crippen LogP contribution in [0.4, 0.5) is 0 Å². The van der Waals surface area contributed by atoms with Gasteiger partial charge in [0, 0.05) is 12.8 Å². The quantitative estimate of drug-likeness (QED) is 0.151. The first-order chi connectivity index (χ1) is 12.2. The molecule has 0 aromatic carbocycles. The van der Waals surface area contributed by atoms with E-state index < -0.39 is 5.97 Å². The fourth-order valence-corrected chi connectivity index (χ4v) is 2.10. The zero-order valence-corrected chi connectivity index (χ0v) is 15.6. The number of unbranched alkanes of at least 4 members (excludes halogenated alkanes) is 4. The summed E-state index contributed by atoms with van der Waals surface area (Å²) in [6.07, 6.45) is 27.1. The number of aliphatic hydroxyl groups excluding tert-OH is 1. The summed E-state index contributed by atoms with van der Waals surface area (Å²) in [5.74, 6) is -0.461. The molecule has 0 amide bonds. The third kappa shape index (κ3) is 19.9. The summed E-state index contributed by atoms with van der Waals surface area (Å²) in [5.41, 5.74) is 0. The number of carboxylic acids is 1. The Bertz CT molecular complexity index is 468. The minimum absolute atomic E-state index is 0.133. The summed E-state index contributed by atoms with van der Waals surface area (Å²) in [6.45, 7) is 2.22. The van der Waals surface area contributed by atoms with Gasteiger partial charge in [-0.15, -0.1) is 0 Å². The van der Waals surface area contributed by atoms with E-state index in [1.807, 2.05) is 18.2 Å². The van der Waals surface area contributed by atoms with Gasteiger partial charge in [0.1, 0.15) is 0 Å². The molecule has 2 N–H and O–H groups in total. The smallest absolute Gasteiger partial charge is 0.303 e. The minimum atomic E-state index is -0.798. The molecule has 3 heteroatoms. The summed E-state index contributed by atoms with van der Waals surface area (Å²) < 4.78 is 0. The number of hydrogen-bond acceptors (Lipinski definition) is 2. The molecule has 0 rings (SSSR count). The molecule has 0 unspecified atom stereocenters. The third-order valence-corrected chi connectivity index (χ3v) is 3.53. The molecule has 0 saturated heterocycles. The number of aliphatic carboxylic acids is 1. The molecule has 0 spiro atoms. The fourth-order valence-electron chi connectivity index (χ4n) is 2.10. The predicted octanol–water partition coefficient (Wildman–Crippen LogP) is 6.66. The van der Waals surface area contributed by atoms with Crippen molar-refractivity contribution in [3.05, 3.63) is 60.4 Å². The summed E-state index contributed by atoms with van der Waals surface area (Å²) in [6, 6.07) is 0. The van der Waals surface area contributed by atoms with E-state index in [0.717, 1.165) is 19.3 Å². The lowest BCUT2D eigenvalue weighted by atomic mass is 10.2. The first-order valence-electron chi connectivity index (χ1n) is 9.38. The van der Waals surface area contributed by atoms with Crippen LogP contribution < -0.4 is 0 Å². The van der Waals surface area contributed by atoms with Crippen LogP contribution in [0.3, 0.4) is 0 Å². The van der Waals surface area contributed by atoms with Crippen LogP contribution >= 0.6 is 0 Å². The fraction of sp³-hybridized carbons (Fsp3) is 0.500. The summed E-state index contributed by atoms with van der Waals surface area (Å²) in [4.78, 5) is 10.3. The van der Waals surface area contributed by atoms with Crippen molar-refractivity contribution >= 4 is 5.97 Å². The minimum Gasteiger partial charge on any atom is -0.512 e. The van der Waals surface area contributed by atoms with Crippen molar-refractivity contribution in [1.82, 2.24) is 0 Å². The third-order valence-electron chi connectivity index (χ3n) is 3.53. The molecule has 0 saturated carbocycles. The maximum absolute atomic E-state index is 10.3. The number of hydrogen-bond donors (Lipinski definition) is 2. The number of carbonyl (C=O) groups is 1. The van der Waals surface area contributed by atoms with Crippen LogP contribution in [-0.2, 0) is 4.79 Å². The molecule has 0 aliphatic heterocycles. The SMILES string of the molecule is CCCCC/C=C/C/C=C/C=C\CC/C=C(/O)C/C=C/CCC(=O)O. The van der Waals surface area contributed by atoms with Crippen LogP contribution in [0.15, 0.2) is 60.4 Å². The lowest BCUT2D eigenvalue weighted by Crippen LogP contribution is -1.91. The Morgan fingerprint density at radius 3 is 2.32 bits per heavy atom. The molecule has 0 heterocycles. The molecule has 3 nitrogen and oxygen atoms in total. The Morgan fingerprint density at radius 1 is 0.800 bits per heavy atom. The van der Waals surface area contributed by atoms with E-state index in [-0.39, 0.29) is 6.42 Å². The molecule has 0 fully saturated rings. The molecular formula is C22H34O3. The number of carboxylic acid groups (broad SMARTS) is 1. The van der Waals surface area contributed by atoms with E-state index in [2.05, 4.69) is 37.3 Å². The van der Waals surface area contributed by atoms with Crippen molar-refractivity contribution < 1.29 is 15.0 Å². The second-order valence-corrected chi connectivity index (χ2v) is 5.94. The molecule has 0 bridgehead atoms. The van der Waals surface area contributed by atoms with Crippen LogP contribution in [0.1, 0.15) is 71.1 Å². The lowest BCUT2D eigenvalue weighted by Gasteiger charge is -1.94. The standard InChI is InChI=1S/C22H34O3/c1-2-3-4-5-6-7-8-9-10-11-12-13-15-18-21(23)19-16-14-17-20-22(24)25/h6-7,9-12,14,16,18,23H,2-5,8,13,15,17,19-20H2,1H3,(H,24,25)/b7-6+,10-9+,12-11-,16-14+,21-18+. The zero-order valence-electron chi connectivity index (χ0n) is 15.6. The van der Waals surface area contributed by atoms with Crippen LogP contribution in [0.25, 0.3) is 0 Å². The van der Waals surface area contributed by atoms with Crippen LogP contribution in [0.2, 0.25) is 0 Å². The summed E-state index contributed by atoms with van der Waals surface area (Å²) >= 11 is 0. The van der Waals surface area contributed by atoms with Crippen molar-refractivity contribution in [1.29, 1.82) is 0 Å². The van der Waals surface area contributed by atoms with E-state index in [4.69, 9.17) is 5.11 Å². The molecule has 0 radical (unpaired) electrons. The molecule has 0 aromatic rings. The monoisotopic (exact) mass is 346 g/mol. The average molecular weight is 347 g/mol. The number of aliphatic hydroxyl groups is 1. The molecular weight excluding hydrogens is 312 g/mol. The van der Waals surface area contributed by atoms with E-state index >= 15 is 0 Å². The van der Waals surface area contributed by atoms with Gasteiger partial charge in [0.2, 0.25) is 0 Å². The average Bonchev–Trinajstić information content (AvgIpc) is 2.58. The topological polar surface area (TPSA) is 57.5 Å². The van der Waals surface area contributed by atoms with Crippen molar-refractivity contribution in [2.24, 2.45) is 0 Å². The van der Waals surface area contributed by atoms with Gasteiger partial charge >= 0.3 is 5.97 Å². The Labute approximate surface area is 153 Å².